The minimum absolute atomic E-state index is 0.0216. The average Bonchev–Trinajstić information content (AvgIpc) is 2.29. The minimum Gasteiger partial charge on any atom is -0.289 e. The summed E-state index contributed by atoms with van der Waals surface area (Å²) in [6, 6.07) is 10.5. The summed E-state index contributed by atoms with van der Waals surface area (Å²) in [5.41, 5.74) is 2.93. The molecule has 0 spiro atoms. The number of benzene rings is 1. The Labute approximate surface area is 105 Å². The zero-order valence-electron chi connectivity index (χ0n) is 9.70. The third kappa shape index (κ3) is 2.53. The first kappa shape index (κ1) is 11.8. The number of carbonyl (C=O) groups excluding carboxylic acids is 1. The maximum atomic E-state index is 12.2. The van der Waals surface area contributed by atoms with Crippen LogP contribution in [0, 0.1) is 13.8 Å². The largest absolute Gasteiger partial charge is 0.289 e. The highest BCUT2D eigenvalue weighted by Gasteiger charge is 2.12. The van der Waals surface area contributed by atoms with Crippen molar-refractivity contribution in [2.75, 3.05) is 0 Å². The zero-order valence-corrected chi connectivity index (χ0v) is 10.5. The van der Waals surface area contributed by atoms with Gasteiger partial charge in [-0.3, -0.25) is 9.78 Å². The number of hydrogen-bond acceptors (Lipinski definition) is 2. The van der Waals surface area contributed by atoms with Gasteiger partial charge >= 0.3 is 0 Å². The summed E-state index contributed by atoms with van der Waals surface area (Å²) in [6.07, 6.45) is 0. The van der Waals surface area contributed by atoms with E-state index in [1.54, 1.807) is 24.3 Å². The number of aryl methyl sites for hydroxylation is 2. The Kier molecular flexibility index (Phi) is 3.25. The van der Waals surface area contributed by atoms with Crippen LogP contribution in [-0.4, -0.2) is 10.8 Å². The van der Waals surface area contributed by atoms with Crippen molar-refractivity contribution in [3.63, 3.8) is 0 Å². The van der Waals surface area contributed by atoms with Gasteiger partial charge < -0.3 is 0 Å². The van der Waals surface area contributed by atoms with E-state index in [9.17, 15) is 4.79 Å². The van der Waals surface area contributed by atoms with Gasteiger partial charge in [-0.05, 0) is 50.2 Å². The number of pyridine rings is 1. The fraction of sp³-hybridized carbons (Fsp3) is 0.143. The second-order valence-corrected chi connectivity index (χ2v) is 4.36. The molecule has 0 atom stereocenters. The van der Waals surface area contributed by atoms with Crippen LogP contribution in [0.5, 0.6) is 0 Å². The molecule has 0 radical (unpaired) electrons. The van der Waals surface area contributed by atoms with Crippen molar-refractivity contribution in [1.82, 2.24) is 4.98 Å². The Morgan fingerprint density at radius 3 is 2.29 bits per heavy atom. The van der Waals surface area contributed by atoms with E-state index in [0.29, 0.717) is 16.1 Å². The third-order valence-corrected chi connectivity index (χ3v) is 2.83. The molecule has 1 heterocycles. The maximum Gasteiger partial charge on any atom is 0.194 e. The molecule has 1 aromatic heterocycles. The van der Waals surface area contributed by atoms with Crippen LogP contribution in [0.25, 0.3) is 0 Å². The van der Waals surface area contributed by atoms with Crippen LogP contribution >= 0.6 is 11.6 Å². The summed E-state index contributed by atoms with van der Waals surface area (Å²) in [6.45, 7) is 3.75. The van der Waals surface area contributed by atoms with Crippen molar-refractivity contribution in [2.45, 2.75) is 13.8 Å². The van der Waals surface area contributed by atoms with Crippen molar-refractivity contribution in [3.8, 4) is 0 Å². The monoisotopic (exact) mass is 245 g/mol. The van der Waals surface area contributed by atoms with E-state index >= 15 is 0 Å². The molecule has 0 N–H and O–H groups in total. The van der Waals surface area contributed by atoms with Crippen LogP contribution in [0.1, 0.15) is 27.3 Å². The summed E-state index contributed by atoms with van der Waals surface area (Å²) in [4.78, 5) is 16.5. The lowest BCUT2D eigenvalue weighted by Crippen LogP contribution is -2.05. The topological polar surface area (TPSA) is 30.0 Å². The van der Waals surface area contributed by atoms with Gasteiger partial charge in [-0.15, -0.1) is 0 Å². The second kappa shape index (κ2) is 4.68. The van der Waals surface area contributed by atoms with Gasteiger partial charge in [0.2, 0.25) is 0 Å². The van der Waals surface area contributed by atoms with Gasteiger partial charge in [0.05, 0.1) is 0 Å². The normalized spacial score (nSPS) is 10.3. The number of nitrogens with zero attached hydrogens (tertiary/aromatic N) is 1. The molecule has 0 fully saturated rings. The van der Waals surface area contributed by atoms with Crippen molar-refractivity contribution < 1.29 is 4.79 Å². The molecular weight excluding hydrogens is 234 g/mol. The Hall–Kier alpha value is -1.67. The lowest BCUT2D eigenvalue weighted by molar-refractivity contribution is 0.103. The van der Waals surface area contributed by atoms with Gasteiger partial charge in [0.15, 0.2) is 5.78 Å². The number of ketones is 1. The van der Waals surface area contributed by atoms with E-state index in [0.717, 1.165) is 11.4 Å². The van der Waals surface area contributed by atoms with Crippen LogP contribution in [-0.2, 0) is 0 Å². The molecule has 2 aromatic rings. The highest BCUT2D eigenvalue weighted by atomic mass is 35.5. The van der Waals surface area contributed by atoms with Crippen LogP contribution in [0.3, 0.4) is 0 Å². The Morgan fingerprint density at radius 1 is 1.06 bits per heavy atom. The summed E-state index contributed by atoms with van der Waals surface area (Å²) < 4.78 is 0. The van der Waals surface area contributed by atoms with Crippen molar-refractivity contribution in [1.29, 1.82) is 0 Å². The summed E-state index contributed by atoms with van der Waals surface area (Å²) in [5, 5.41) is 0.625. The van der Waals surface area contributed by atoms with Crippen molar-refractivity contribution in [3.05, 3.63) is 63.9 Å². The highest BCUT2D eigenvalue weighted by Crippen LogP contribution is 2.15. The molecule has 17 heavy (non-hydrogen) atoms. The van der Waals surface area contributed by atoms with Crippen LogP contribution in [0.2, 0.25) is 5.02 Å². The Bertz CT molecular complexity index is 561. The van der Waals surface area contributed by atoms with Crippen molar-refractivity contribution in [2.24, 2.45) is 0 Å². The highest BCUT2D eigenvalue weighted by molar-refractivity contribution is 6.30. The predicted octanol–water partition coefficient (Wildman–Crippen LogP) is 3.58. The molecule has 86 valence electrons. The molecule has 1 aromatic carbocycles. The number of halogens is 1. The van der Waals surface area contributed by atoms with E-state index < -0.39 is 0 Å². The molecule has 0 saturated heterocycles. The quantitative estimate of drug-likeness (QED) is 0.757. The van der Waals surface area contributed by atoms with Gasteiger partial charge in [-0.2, -0.15) is 0 Å². The van der Waals surface area contributed by atoms with Crippen LogP contribution in [0.15, 0.2) is 36.4 Å². The van der Waals surface area contributed by atoms with E-state index in [1.165, 1.54) is 0 Å². The molecule has 3 heteroatoms. The standard InChI is InChI=1S/C14H12ClNO/c1-9-3-8-13(10(2)16-9)14(17)11-4-6-12(15)7-5-11/h3-8H,1-2H3. The SMILES string of the molecule is Cc1ccc(C(=O)c2ccc(Cl)cc2)c(C)n1. The fourth-order valence-corrected chi connectivity index (χ4v) is 1.81. The predicted molar refractivity (Wildman–Crippen MR) is 68.6 cm³/mol. The molecule has 0 saturated carbocycles. The number of aromatic nitrogens is 1. The Morgan fingerprint density at radius 2 is 1.71 bits per heavy atom. The van der Waals surface area contributed by atoms with Crippen LogP contribution in [0.4, 0.5) is 0 Å². The summed E-state index contributed by atoms with van der Waals surface area (Å²) >= 11 is 5.79. The maximum absolute atomic E-state index is 12.2. The van der Waals surface area contributed by atoms with E-state index in [-0.39, 0.29) is 5.78 Å². The number of rotatable bonds is 2. The molecule has 2 rings (SSSR count). The smallest absolute Gasteiger partial charge is 0.194 e. The first-order valence-electron chi connectivity index (χ1n) is 5.32. The van der Waals surface area contributed by atoms with Gasteiger partial charge in [-0.1, -0.05) is 11.6 Å². The Balaban J connectivity index is 2.40. The average molecular weight is 246 g/mol. The van der Waals surface area contributed by atoms with Gasteiger partial charge in [-0.25, -0.2) is 0 Å². The molecule has 0 unspecified atom stereocenters. The van der Waals surface area contributed by atoms with Gasteiger partial charge in [0, 0.05) is 27.5 Å². The molecule has 0 aliphatic carbocycles. The van der Waals surface area contributed by atoms with Gasteiger partial charge in [0.25, 0.3) is 0 Å². The second-order valence-electron chi connectivity index (χ2n) is 3.92. The molecule has 0 bridgehead atoms. The van der Waals surface area contributed by atoms with Crippen LogP contribution < -0.4 is 0 Å². The third-order valence-electron chi connectivity index (χ3n) is 2.58. The van der Waals surface area contributed by atoms with Crippen molar-refractivity contribution >= 4 is 17.4 Å². The fourth-order valence-electron chi connectivity index (χ4n) is 1.68. The first-order valence-corrected chi connectivity index (χ1v) is 5.70. The number of carbonyl (C=O) groups is 1. The van der Waals surface area contributed by atoms with Gasteiger partial charge in [0.1, 0.15) is 0 Å². The molecule has 0 amide bonds. The summed E-state index contributed by atoms with van der Waals surface area (Å²) in [7, 11) is 0. The van der Waals surface area contributed by atoms with E-state index in [2.05, 4.69) is 4.98 Å². The molecule has 0 aliphatic heterocycles. The minimum atomic E-state index is -0.0216. The van der Waals surface area contributed by atoms with E-state index in [1.807, 2.05) is 26.0 Å². The first-order chi connectivity index (χ1) is 8.08. The lowest BCUT2D eigenvalue weighted by Gasteiger charge is -2.05. The molecule has 2 nitrogen and oxygen atoms in total. The molecular formula is C14H12ClNO. The molecule has 0 aliphatic rings. The summed E-state index contributed by atoms with van der Waals surface area (Å²) in [5.74, 6) is -0.0216. The zero-order chi connectivity index (χ0) is 12.4. The lowest BCUT2D eigenvalue weighted by atomic mass is 10.0. The number of hydrogen-bond donors (Lipinski definition) is 0. The van der Waals surface area contributed by atoms with E-state index in [4.69, 9.17) is 11.6 Å².